The van der Waals surface area contributed by atoms with Crippen LogP contribution in [0.3, 0.4) is 0 Å². The molecule has 0 amide bonds. The van der Waals surface area contributed by atoms with E-state index in [4.69, 9.17) is 4.42 Å². The summed E-state index contributed by atoms with van der Waals surface area (Å²) in [7, 11) is 0. The molecule has 0 bridgehead atoms. The first-order valence-electron chi connectivity index (χ1n) is 34.3. The van der Waals surface area contributed by atoms with E-state index in [2.05, 4.69) is 383 Å². The van der Waals surface area contributed by atoms with Crippen molar-refractivity contribution < 1.29 is 4.42 Å². The van der Waals surface area contributed by atoms with Gasteiger partial charge in [-0.25, -0.2) is 0 Å². The molecule has 478 valence electrons. The van der Waals surface area contributed by atoms with E-state index >= 15 is 0 Å². The van der Waals surface area contributed by atoms with E-state index in [1.165, 1.54) is 105 Å². The molecule has 95 heavy (non-hydrogen) atoms. The average molecular weight is 1240 g/mol. The number of benzene rings is 11. The van der Waals surface area contributed by atoms with Crippen molar-refractivity contribution in [1.82, 2.24) is 0 Å². The summed E-state index contributed by atoms with van der Waals surface area (Å²) in [5, 5.41) is 2.23. The summed E-state index contributed by atoms with van der Waals surface area (Å²) in [6.45, 7) is 36.6. The molecule has 0 saturated heterocycles. The number of anilines is 3. The Balaban J connectivity index is 0.000000500. The number of nitrogens with zero attached hydrogens (tertiary/aromatic N) is 1. The molecule has 0 spiro atoms. The number of aryl methyl sites for hydroxylation is 6. The Labute approximate surface area is 569 Å². The van der Waals surface area contributed by atoms with Crippen molar-refractivity contribution in [2.45, 2.75) is 145 Å². The van der Waals surface area contributed by atoms with Crippen molar-refractivity contribution in [1.29, 1.82) is 0 Å². The predicted octanol–water partition coefficient (Wildman–Crippen LogP) is 22.9. The molecule has 3 heteroatoms. The van der Waals surface area contributed by atoms with E-state index in [1.54, 1.807) is 0 Å². The smallest absolute Gasteiger partial charge is 0.242 e. The Morgan fingerprint density at radius 1 is 0.421 bits per heavy atom. The van der Waals surface area contributed by atoms with Gasteiger partial charge < -0.3 is 9.32 Å². The molecule has 1 aromatic heterocycles. The molecule has 0 saturated carbocycles. The van der Waals surface area contributed by atoms with Gasteiger partial charge in [-0.05, 0) is 153 Å². The highest BCUT2D eigenvalue weighted by Crippen LogP contribution is 2.44. The molecule has 0 aliphatic heterocycles. The van der Waals surface area contributed by atoms with E-state index in [0.717, 1.165) is 51.8 Å². The number of hydrogen-bond donors (Lipinski definition) is 0. The zero-order valence-corrected chi connectivity index (χ0v) is 59.3. The topological polar surface area (TPSA) is 16.4 Å². The van der Waals surface area contributed by atoms with Gasteiger partial charge in [-0.2, -0.15) is 0 Å². The second-order valence-electron chi connectivity index (χ2n) is 28.7. The molecule has 1 heterocycles. The highest BCUT2D eigenvalue weighted by molar-refractivity contribution is 6.96. The second-order valence-corrected chi connectivity index (χ2v) is 28.7. The first kappa shape index (κ1) is 67.0. The van der Waals surface area contributed by atoms with Gasteiger partial charge in [0.25, 0.3) is 0 Å². The van der Waals surface area contributed by atoms with E-state index in [-0.39, 0.29) is 28.4 Å². The van der Waals surface area contributed by atoms with Gasteiger partial charge in [0.1, 0.15) is 5.58 Å². The standard InChI is InChI=1S/C76H78BNO.C16H18/c1-14-16-26-58(15-2)74(8,9)63-43-39-57(48-56-37-41-61(42-38-56)75(10,11)59-27-19-17-20-28-59)68(50-63)77(67-49-62(40-36-52(67)4)76(12,13)60-29-21-18-22-30-60)72-54(6)46-64(47-55(72)7)78(69-44-35-51(3)45-53(69)5)70-33-25-32-66-65-31-23-24-34-71(65)79-73(66)70;1-13-9-11-15(12-10-13)16(2,3)14-7-5-4-6-8-14/h15-47,49-50H,14,48H2,1-13H3;4-12H,1-3H3/b26-16-,58-15+;. The first-order valence-corrected chi connectivity index (χ1v) is 34.3. The Morgan fingerprint density at radius 2 is 0.916 bits per heavy atom. The molecule has 11 aromatic carbocycles. The van der Waals surface area contributed by atoms with Crippen molar-refractivity contribution in [3.8, 4) is 0 Å². The molecule has 0 N–H and O–H groups in total. The van der Waals surface area contributed by atoms with Gasteiger partial charge in [-0.15, -0.1) is 0 Å². The minimum Gasteiger partial charge on any atom is -0.454 e. The van der Waals surface area contributed by atoms with Gasteiger partial charge in [-0.3, -0.25) is 0 Å². The van der Waals surface area contributed by atoms with Gasteiger partial charge >= 0.3 is 0 Å². The number of hydrogen-bond acceptors (Lipinski definition) is 2. The number of para-hydroxylation sites is 2. The van der Waals surface area contributed by atoms with Crippen LogP contribution in [0.4, 0.5) is 17.1 Å². The molecule has 12 aromatic rings. The molecular formula is C92H96BNO. The van der Waals surface area contributed by atoms with Gasteiger partial charge in [0.2, 0.25) is 6.71 Å². The number of allylic oxidation sites excluding steroid dienone is 4. The maximum Gasteiger partial charge on any atom is 0.242 e. The third kappa shape index (κ3) is 13.8. The lowest BCUT2D eigenvalue weighted by Gasteiger charge is -2.33. The number of rotatable bonds is 18. The lowest BCUT2D eigenvalue weighted by Crippen LogP contribution is -2.56. The van der Waals surface area contributed by atoms with Crippen LogP contribution in [0.15, 0.2) is 277 Å². The molecule has 0 unspecified atom stereocenters. The highest BCUT2D eigenvalue weighted by atomic mass is 16.3. The van der Waals surface area contributed by atoms with Crippen LogP contribution in [0.2, 0.25) is 0 Å². The predicted molar refractivity (Wildman–Crippen MR) is 412 cm³/mol. The maximum absolute atomic E-state index is 6.83. The number of furan rings is 1. The molecular weight excluding hydrogens is 1150 g/mol. The lowest BCUT2D eigenvalue weighted by atomic mass is 9.33. The Morgan fingerprint density at radius 3 is 1.48 bits per heavy atom. The molecule has 12 rings (SSSR count). The van der Waals surface area contributed by atoms with Crippen LogP contribution < -0.4 is 21.3 Å². The monoisotopic (exact) mass is 1240 g/mol. The summed E-state index contributed by atoms with van der Waals surface area (Å²) in [4.78, 5) is 2.44. The van der Waals surface area contributed by atoms with Gasteiger partial charge in [-0.1, -0.05) is 343 Å². The zero-order chi connectivity index (χ0) is 67.4. The molecule has 0 fully saturated rings. The van der Waals surface area contributed by atoms with E-state index in [9.17, 15) is 0 Å². The SMILES string of the molecule is C/C=C(\C=C/CC)C(C)(C)c1ccc(Cc2ccc(C(C)(C)c3ccccc3)cc2)c(B(c2cc(C(C)(C)c3ccccc3)ccc2C)c2c(C)cc(N(c3ccc(C)cc3C)c3cccc4c3oc3ccccc34)cc2C)c1.Cc1ccc(C(C)(C)c2ccccc2)cc1. The zero-order valence-electron chi connectivity index (χ0n) is 59.3. The molecule has 2 nitrogen and oxygen atoms in total. The number of fused-ring (bicyclic) bond motifs is 3. The maximum atomic E-state index is 6.83. The fourth-order valence-corrected chi connectivity index (χ4v) is 14.5. The summed E-state index contributed by atoms with van der Waals surface area (Å²) in [6, 6.07) is 92.3. The highest BCUT2D eigenvalue weighted by Gasteiger charge is 2.35. The Kier molecular flexibility index (Phi) is 19.7. The van der Waals surface area contributed by atoms with Crippen LogP contribution >= 0.6 is 0 Å². The van der Waals surface area contributed by atoms with Crippen molar-refractivity contribution in [3.05, 3.63) is 356 Å². The third-order valence-electron chi connectivity index (χ3n) is 20.7. The first-order chi connectivity index (χ1) is 45.5. The van der Waals surface area contributed by atoms with Crippen molar-refractivity contribution in [2.24, 2.45) is 0 Å². The summed E-state index contributed by atoms with van der Waals surface area (Å²) in [5.74, 6) is 0. The summed E-state index contributed by atoms with van der Waals surface area (Å²) < 4.78 is 6.83. The van der Waals surface area contributed by atoms with Crippen LogP contribution in [0.5, 0.6) is 0 Å². The quantitative estimate of drug-likeness (QED) is 0.0629. The Hall–Kier alpha value is -9.44. The second kappa shape index (κ2) is 27.9. The van der Waals surface area contributed by atoms with Crippen molar-refractivity contribution >= 4 is 62.1 Å². The van der Waals surface area contributed by atoms with E-state index in [1.807, 2.05) is 0 Å². The minimum absolute atomic E-state index is 0.0783. The average Bonchev–Trinajstić information content (AvgIpc) is 1.72. The summed E-state index contributed by atoms with van der Waals surface area (Å²) >= 11 is 0. The van der Waals surface area contributed by atoms with Crippen molar-refractivity contribution in [2.75, 3.05) is 4.90 Å². The minimum atomic E-state index is -0.271. The fraction of sp³-hybridized carbons (Fsp3) is 0.239. The summed E-state index contributed by atoms with van der Waals surface area (Å²) in [6.07, 6.45) is 8.71. The normalized spacial score (nSPS) is 12.3. The van der Waals surface area contributed by atoms with Crippen LogP contribution in [-0.2, 0) is 28.1 Å². The van der Waals surface area contributed by atoms with Crippen LogP contribution in [-0.4, -0.2) is 6.71 Å². The van der Waals surface area contributed by atoms with Crippen LogP contribution in [0, 0.1) is 41.5 Å². The Bertz CT molecular complexity index is 4690. The van der Waals surface area contributed by atoms with Gasteiger partial charge in [0.05, 0.1) is 5.69 Å². The van der Waals surface area contributed by atoms with E-state index in [0.29, 0.717) is 0 Å². The summed E-state index contributed by atoms with van der Waals surface area (Å²) in [5.41, 5.74) is 29.1. The van der Waals surface area contributed by atoms with Crippen LogP contribution in [0.25, 0.3) is 21.9 Å². The molecule has 0 radical (unpaired) electrons. The van der Waals surface area contributed by atoms with Crippen LogP contribution in [0.1, 0.15) is 159 Å². The lowest BCUT2D eigenvalue weighted by molar-refractivity contribution is 0.638. The fourth-order valence-electron chi connectivity index (χ4n) is 14.5. The third-order valence-corrected chi connectivity index (χ3v) is 20.7. The largest absolute Gasteiger partial charge is 0.454 e. The van der Waals surface area contributed by atoms with Gasteiger partial charge in [0, 0.05) is 43.8 Å². The van der Waals surface area contributed by atoms with Gasteiger partial charge in [0.15, 0.2) is 5.58 Å². The molecule has 0 atom stereocenters. The van der Waals surface area contributed by atoms with E-state index < -0.39 is 0 Å². The molecule has 0 aliphatic carbocycles. The molecule has 0 aliphatic rings. The van der Waals surface area contributed by atoms with Crippen molar-refractivity contribution in [3.63, 3.8) is 0 Å².